The van der Waals surface area contributed by atoms with Gasteiger partial charge in [-0.15, -0.1) is 11.3 Å². The number of aryl methyl sites for hydroxylation is 1. The molecule has 2 N–H and O–H groups in total. The Balaban J connectivity index is 1.55. The van der Waals surface area contributed by atoms with E-state index in [1.807, 2.05) is 43.3 Å². The molecule has 0 atom stereocenters. The Hall–Kier alpha value is -2.34. The molecular weight excluding hydrogens is 380 g/mol. The summed E-state index contributed by atoms with van der Waals surface area (Å²) in [5, 5.41) is 8.89. The van der Waals surface area contributed by atoms with Crippen molar-refractivity contribution in [2.24, 2.45) is 0 Å². The molecule has 6 heteroatoms. The molecule has 27 heavy (non-hydrogen) atoms. The van der Waals surface area contributed by atoms with Crippen LogP contribution in [0.2, 0.25) is 5.02 Å². The molecule has 4 nitrogen and oxygen atoms in total. The Labute approximate surface area is 168 Å². The third kappa shape index (κ3) is 6.10. The summed E-state index contributed by atoms with van der Waals surface area (Å²) in [6.07, 6.45) is 0. The van der Waals surface area contributed by atoms with Gasteiger partial charge >= 0.3 is 0 Å². The van der Waals surface area contributed by atoms with E-state index in [9.17, 15) is 4.79 Å². The topological polar surface area (TPSA) is 50.4 Å². The number of anilines is 1. The monoisotopic (exact) mass is 400 g/mol. The summed E-state index contributed by atoms with van der Waals surface area (Å²) in [4.78, 5) is 13.4. The van der Waals surface area contributed by atoms with Gasteiger partial charge in [-0.2, -0.15) is 0 Å². The SMILES string of the molecule is Cc1ccc(NC(=O)COc2ccc(Cl)cc2CNCc2cccs2)cc1. The molecule has 140 valence electrons. The molecule has 0 aliphatic rings. The highest BCUT2D eigenvalue weighted by molar-refractivity contribution is 7.09. The maximum absolute atomic E-state index is 12.1. The lowest BCUT2D eigenvalue weighted by molar-refractivity contribution is -0.118. The van der Waals surface area contributed by atoms with E-state index in [1.54, 1.807) is 23.5 Å². The van der Waals surface area contributed by atoms with E-state index in [2.05, 4.69) is 22.1 Å². The number of benzene rings is 2. The van der Waals surface area contributed by atoms with Gasteiger partial charge in [0.1, 0.15) is 5.75 Å². The second-order valence-electron chi connectivity index (χ2n) is 6.14. The fourth-order valence-electron chi connectivity index (χ4n) is 2.54. The number of hydrogen-bond donors (Lipinski definition) is 2. The van der Waals surface area contributed by atoms with Crippen molar-refractivity contribution in [1.29, 1.82) is 0 Å². The Morgan fingerprint density at radius 2 is 1.93 bits per heavy atom. The Morgan fingerprint density at radius 1 is 1.11 bits per heavy atom. The van der Waals surface area contributed by atoms with E-state index in [4.69, 9.17) is 16.3 Å². The largest absolute Gasteiger partial charge is 0.483 e. The van der Waals surface area contributed by atoms with Crippen LogP contribution in [-0.2, 0) is 17.9 Å². The smallest absolute Gasteiger partial charge is 0.262 e. The molecule has 1 aromatic heterocycles. The fraction of sp³-hybridized carbons (Fsp3) is 0.190. The number of nitrogens with one attached hydrogen (secondary N) is 2. The minimum Gasteiger partial charge on any atom is -0.483 e. The van der Waals surface area contributed by atoms with E-state index in [1.165, 1.54) is 4.88 Å². The van der Waals surface area contributed by atoms with Crippen LogP contribution < -0.4 is 15.4 Å². The minimum atomic E-state index is -0.203. The maximum atomic E-state index is 12.1. The highest BCUT2D eigenvalue weighted by Crippen LogP contribution is 2.23. The Bertz CT molecular complexity index is 880. The summed E-state index contributed by atoms with van der Waals surface area (Å²) in [5.41, 5.74) is 2.82. The highest BCUT2D eigenvalue weighted by Gasteiger charge is 2.09. The molecule has 1 heterocycles. The van der Waals surface area contributed by atoms with E-state index < -0.39 is 0 Å². The number of hydrogen-bond acceptors (Lipinski definition) is 4. The maximum Gasteiger partial charge on any atom is 0.262 e. The van der Waals surface area contributed by atoms with Crippen molar-refractivity contribution >= 4 is 34.5 Å². The van der Waals surface area contributed by atoms with Gasteiger partial charge < -0.3 is 15.4 Å². The van der Waals surface area contributed by atoms with Crippen molar-refractivity contribution in [2.45, 2.75) is 20.0 Å². The van der Waals surface area contributed by atoms with Gasteiger partial charge in [0, 0.05) is 34.2 Å². The lowest BCUT2D eigenvalue weighted by atomic mass is 10.2. The van der Waals surface area contributed by atoms with Gasteiger partial charge in [-0.3, -0.25) is 4.79 Å². The first-order valence-electron chi connectivity index (χ1n) is 8.61. The van der Waals surface area contributed by atoms with Crippen LogP contribution in [0.25, 0.3) is 0 Å². The van der Waals surface area contributed by atoms with Crippen molar-refractivity contribution in [3.8, 4) is 5.75 Å². The zero-order valence-electron chi connectivity index (χ0n) is 15.0. The summed E-state index contributed by atoms with van der Waals surface area (Å²) < 4.78 is 5.73. The van der Waals surface area contributed by atoms with Crippen molar-refractivity contribution < 1.29 is 9.53 Å². The Kier molecular flexibility index (Phi) is 6.87. The molecule has 0 bridgehead atoms. The van der Waals surface area contributed by atoms with Crippen molar-refractivity contribution in [3.63, 3.8) is 0 Å². The third-order valence-corrected chi connectivity index (χ3v) is 5.02. The molecule has 2 aromatic carbocycles. The molecule has 0 unspecified atom stereocenters. The predicted octanol–water partition coefficient (Wildman–Crippen LogP) is 5.02. The van der Waals surface area contributed by atoms with Crippen LogP contribution >= 0.6 is 22.9 Å². The third-order valence-electron chi connectivity index (χ3n) is 3.91. The molecule has 1 amide bonds. The van der Waals surface area contributed by atoms with Gasteiger partial charge in [0.2, 0.25) is 0 Å². The van der Waals surface area contributed by atoms with E-state index in [0.29, 0.717) is 17.3 Å². The molecule has 0 saturated heterocycles. The summed E-state index contributed by atoms with van der Waals surface area (Å²) >= 11 is 7.83. The summed E-state index contributed by atoms with van der Waals surface area (Å²) in [6.45, 7) is 3.32. The molecular formula is C21H21ClN2O2S. The zero-order chi connectivity index (χ0) is 19.1. The first kappa shape index (κ1) is 19.4. The van der Waals surface area contributed by atoms with Gasteiger partial charge in [0.05, 0.1) is 0 Å². The highest BCUT2D eigenvalue weighted by atomic mass is 35.5. The molecule has 0 radical (unpaired) electrons. The van der Waals surface area contributed by atoms with Crippen LogP contribution in [-0.4, -0.2) is 12.5 Å². The summed E-state index contributed by atoms with van der Waals surface area (Å²) in [6, 6.07) is 17.2. The molecule has 3 rings (SSSR count). The molecule has 0 fully saturated rings. The molecule has 0 aliphatic heterocycles. The second kappa shape index (κ2) is 9.55. The lowest BCUT2D eigenvalue weighted by Gasteiger charge is -2.13. The number of ether oxygens (including phenoxy) is 1. The first-order valence-corrected chi connectivity index (χ1v) is 9.87. The number of thiophene rings is 1. The molecule has 0 saturated carbocycles. The van der Waals surface area contributed by atoms with E-state index >= 15 is 0 Å². The number of rotatable bonds is 8. The standard InChI is InChI=1S/C21H21ClN2O2S/c1-15-4-7-18(8-5-15)24-21(25)14-26-20-9-6-17(22)11-16(20)12-23-13-19-3-2-10-27-19/h2-11,23H,12-14H2,1H3,(H,24,25). The van der Waals surface area contributed by atoms with E-state index in [0.717, 1.165) is 23.4 Å². The number of halogens is 1. The molecule has 0 spiro atoms. The number of carbonyl (C=O) groups excluding carboxylic acids is 1. The first-order chi connectivity index (χ1) is 13.1. The van der Waals surface area contributed by atoms with Crippen LogP contribution in [0.15, 0.2) is 60.0 Å². The average Bonchev–Trinajstić information content (AvgIpc) is 3.16. The van der Waals surface area contributed by atoms with Gasteiger partial charge in [-0.25, -0.2) is 0 Å². The zero-order valence-corrected chi connectivity index (χ0v) is 16.6. The molecule has 0 aliphatic carbocycles. The average molecular weight is 401 g/mol. The van der Waals surface area contributed by atoms with Gasteiger partial charge in [0.15, 0.2) is 6.61 Å². The number of carbonyl (C=O) groups is 1. The molecule has 3 aromatic rings. The fourth-order valence-corrected chi connectivity index (χ4v) is 3.41. The Morgan fingerprint density at radius 3 is 2.67 bits per heavy atom. The van der Waals surface area contributed by atoms with Crippen molar-refractivity contribution in [1.82, 2.24) is 5.32 Å². The second-order valence-corrected chi connectivity index (χ2v) is 7.61. The van der Waals surface area contributed by atoms with Gasteiger partial charge in [-0.1, -0.05) is 35.4 Å². The summed E-state index contributed by atoms with van der Waals surface area (Å²) in [7, 11) is 0. The van der Waals surface area contributed by atoms with Crippen molar-refractivity contribution in [3.05, 3.63) is 81.0 Å². The van der Waals surface area contributed by atoms with Crippen LogP contribution in [0, 0.1) is 6.92 Å². The van der Waals surface area contributed by atoms with Crippen LogP contribution in [0.3, 0.4) is 0 Å². The number of amides is 1. The van der Waals surface area contributed by atoms with Gasteiger partial charge in [-0.05, 0) is 48.7 Å². The van der Waals surface area contributed by atoms with E-state index in [-0.39, 0.29) is 12.5 Å². The normalized spacial score (nSPS) is 10.6. The van der Waals surface area contributed by atoms with Crippen LogP contribution in [0.1, 0.15) is 16.0 Å². The minimum absolute atomic E-state index is 0.0621. The lowest BCUT2D eigenvalue weighted by Crippen LogP contribution is -2.21. The summed E-state index contributed by atoms with van der Waals surface area (Å²) in [5.74, 6) is 0.448. The van der Waals surface area contributed by atoms with Crippen molar-refractivity contribution in [2.75, 3.05) is 11.9 Å². The van der Waals surface area contributed by atoms with Gasteiger partial charge in [0.25, 0.3) is 5.91 Å². The predicted molar refractivity (Wildman–Crippen MR) is 112 cm³/mol. The quantitative estimate of drug-likeness (QED) is 0.558. The van der Waals surface area contributed by atoms with Crippen LogP contribution in [0.4, 0.5) is 5.69 Å². The van der Waals surface area contributed by atoms with Crippen LogP contribution in [0.5, 0.6) is 5.75 Å².